The van der Waals surface area contributed by atoms with Crippen molar-refractivity contribution in [3.63, 3.8) is 0 Å². The number of halogens is 1. The van der Waals surface area contributed by atoms with Crippen molar-refractivity contribution in [2.75, 3.05) is 5.88 Å². The standard InChI is InChI=1S/C16H22ClNO/c1-12-10-14(8-9-16(19)11-17)13(2)18(12)15-6-4-3-5-7-15/h8-10,15H,3-7,11H2,1-2H3/b9-8+. The fraction of sp³-hybridized carbons (Fsp3) is 0.562. The molecule has 0 unspecified atom stereocenters. The second-order valence-corrected chi connectivity index (χ2v) is 5.69. The van der Waals surface area contributed by atoms with Crippen molar-refractivity contribution in [1.29, 1.82) is 0 Å². The van der Waals surface area contributed by atoms with Crippen LogP contribution in [0.1, 0.15) is 55.1 Å². The highest BCUT2D eigenvalue weighted by atomic mass is 35.5. The van der Waals surface area contributed by atoms with E-state index in [9.17, 15) is 4.79 Å². The van der Waals surface area contributed by atoms with Gasteiger partial charge in [0, 0.05) is 17.4 Å². The quantitative estimate of drug-likeness (QED) is 0.590. The van der Waals surface area contributed by atoms with Crippen LogP contribution < -0.4 is 0 Å². The van der Waals surface area contributed by atoms with Crippen LogP contribution in [0.5, 0.6) is 0 Å². The molecule has 104 valence electrons. The van der Waals surface area contributed by atoms with Crippen LogP contribution in [0.3, 0.4) is 0 Å². The third kappa shape index (κ3) is 3.30. The largest absolute Gasteiger partial charge is 0.346 e. The van der Waals surface area contributed by atoms with E-state index in [1.807, 2.05) is 6.08 Å². The van der Waals surface area contributed by atoms with Crippen molar-refractivity contribution >= 4 is 23.5 Å². The highest BCUT2D eigenvalue weighted by Gasteiger charge is 2.19. The van der Waals surface area contributed by atoms with Gasteiger partial charge in [-0.1, -0.05) is 19.3 Å². The van der Waals surface area contributed by atoms with Crippen LogP contribution in [0.4, 0.5) is 0 Å². The van der Waals surface area contributed by atoms with Crippen molar-refractivity contribution in [1.82, 2.24) is 4.57 Å². The predicted molar refractivity (Wildman–Crippen MR) is 80.8 cm³/mol. The number of carbonyl (C=O) groups is 1. The highest BCUT2D eigenvalue weighted by molar-refractivity contribution is 6.29. The van der Waals surface area contributed by atoms with Crippen molar-refractivity contribution in [3.05, 3.63) is 29.1 Å². The Labute approximate surface area is 120 Å². The molecule has 1 fully saturated rings. The van der Waals surface area contributed by atoms with E-state index in [0.717, 1.165) is 5.56 Å². The van der Waals surface area contributed by atoms with Crippen molar-refractivity contribution in [3.8, 4) is 0 Å². The number of carbonyl (C=O) groups excluding carboxylic acids is 1. The van der Waals surface area contributed by atoms with Crippen LogP contribution in [-0.2, 0) is 4.79 Å². The van der Waals surface area contributed by atoms with Gasteiger partial charge in [-0.2, -0.15) is 0 Å². The van der Waals surface area contributed by atoms with Gasteiger partial charge in [0.1, 0.15) is 0 Å². The molecular weight excluding hydrogens is 258 g/mol. The molecule has 0 aliphatic heterocycles. The van der Waals surface area contributed by atoms with Gasteiger partial charge in [0.15, 0.2) is 5.78 Å². The first-order valence-electron chi connectivity index (χ1n) is 7.08. The first-order chi connectivity index (χ1) is 9.13. The zero-order valence-corrected chi connectivity index (χ0v) is 12.5. The maximum Gasteiger partial charge on any atom is 0.170 e. The van der Waals surface area contributed by atoms with Crippen molar-refractivity contribution < 1.29 is 4.79 Å². The van der Waals surface area contributed by atoms with Gasteiger partial charge < -0.3 is 4.57 Å². The lowest BCUT2D eigenvalue weighted by atomic mass is 9.95. The van der Waals surface area contributed by atoms with E-state index in [1.54, 1.807) is 6.08 Å². The fourth-order valence-electron chi connectivity index (χ4n) is 3.10. The van der Waals surface area contributed by atoms with E-state index in [0.29, 0.717) is 6.04 Å². The highest BCUT2D eigenvalue weighted by Crippen LogP contribution is 2.32. The minimum Gasteiger partial charge on any atom is -0.346 e. The van der Waals surface area contributed by atoms with Gasteiger partial charge in [-0.3, -0.25) is 4.79 Å². The maximum absolute atomic E-state index is 11.3. The summed E-state index contributed by atoms with van der Waals surface area (Å²) in [6.07, 6.45) is 10.1. The molecule has 0 bridgehead atoms. The molecule has 0 saturated heterocycles. The van der Waals surface area contributed by atoms with E-state index in [4.69, 9.17) is 11.6 Å². The third-order valence-electron chi connectivity index (χ3n) is 4.04. The van der Waals surface area contributed by atoms with Gasteiger partial charge >= 0.3 is 0 Å². The van der Waals surface area contributed by atoms with Crippen LogP contribution in [0.2, 0.25) is 0 Å². The summed E-state index contributed by atoms with van der Waals surface area (Å²) in [5.74, 6) is 0.0156. The lowest BCUT2D eigenvalue weighted by Gasteiger charge is -2.26. The number of ketones is 1. The topological polar surface area (TPSA) is 22.0 Å². The normalized spacial score (nSPS) is 17.2. The average molecular weight is 280 g/mol. The Morgan fingerprint density at radius 2 is 2.05 bits per heavy atom. The summed E-state index contributed by atoms with van der Waals surface area (Å²) < 4.78 is 2.45. The molecule has 1 aromatic heterocycles. The zero-order valence-electron chi connectivity index (χ0n) is 11.8. The molecular formula is C16H22ClNO. The number of hydrogen-bond donors (Lipinski definition) is 0. The number of aromatic nitrogens is 1. The van der Waals surface area contributed by atoms with Gasteiger partial charge in [0.25, 0.3) is 0 Å². The molecule has 1 aliphatic carbocycles. The first kappa shape index (κ1) is 14.4. The van der Waals surface area contributed by atoms with Crippen LogP contribution in [0, 0.1) is 13.8 Å². The Morgan fingerprint density at radius 3 is 2.68 bits per heavy atom. The number of aryl methyl sites for hydroxylation is 1. The molecule has 0 atom stereocenters. The van der Waals surface area contributed by atoms with Gasteiger partial charge in [0.2, 0.25) is 0 Å². The Balaban J connectivity index is 2.23. The average Bonchev–Trinajstić information content (AvgIpc) is 2.71. The molecule has 19 heavy (non-hydrogen) atoms. The lowest BCUT2D eigenvalue weighted by Crippen LogP contribution is -2.15. The Bertz CT molecular complexity index is 481. The Hall–Kier alpha value is -1.02. The molecule has 0 radical (unpaired) electrons. The second-order valence-electron chi connectivity index (χ2n) is 5.42. The molecule has 0 amide bonds. The van der Waals surface area contributed by atoms with Crippen LogP contribution in [0.15, 0.2) is 12.1 Å². The number of alkyl halides is 1. The summed E-state index contributed by atoms with van der Waals surface area (Å²) >= 11 is 5.51. The van der Waals surface area contributed by atoms with Gasteiger partial charge in [-0.15, -0.1) is 11.6 Å². The van der Waals surface area contributed by atoms with Crippen LogP contribution >= 0.6 is 11.6 Å². The summed E-state index contributed by atoms with van der Waals surface area (Å²) in [5.41, 5.74) is 3.70. The van der Waals surface area contributed by atoms with E-state index in [-0.39, 0.29) is 11.7 Å². The summed E-state index contributed by atoms with van der Waals surface area (Å²) in [5, 5.41) is 0. The third-order valence-corrected chi connectivity index (χ3v) is 4.31. The summed E-state index contributed by atoms with van der Waals surface area (Å²) in [7, 11) is 0. The molecule has 0 N–H and O–H groups in total. The SMILES string of the molecule is Cc1cc(/C=C/C(=O)CCl)c(C)n1C1CCCCC1. The van der Waals surface area contributed by atoms with Gasteiger partial charge in [-0.25, -0.2) is 0 Å². The molecule has 1 aliphatic rings. The minimum absolute atomic E-state index is 0.0378. The number of rotatable bonds is 4. The van der Waals surface area contributed by atoms with Crippen LogP contribution in [0.25, 0.3) is 6.08 Å². The number of nitrogens with zero attached hydrogens (tertiary/aromatic N) is 1. The van der Waals surface area contributed by atoms with Gasteiger partial charge in [-0.05, 0) is 50.5 Å². The zero-order chi connectivity index (χ0) is 13.8. The number of allylic oxidation sites excluding steroid dienone is 1. The monoisotopic (exact) mass is 279 g/mol. The van der Waals surface area contributed by atoms with E-state index < -0.39 is 0 Å². The Kier molecular flexibility index (Phi) is 4.87. The summed E-state index contributed by atoms with van der Waals surface area (Å²) in [4.78, 5) is 11.3. The minimum atomic E-state index is -0.0378. The fourth-order valence-corrected chi connectivity index (χ4v) is 3.19. The molecule has 3 heteroatoms. The van der Waals surface area contributed by atoms with Crippen molar-refractivity contribution in [2.45, 2.75) is 52.0 Å². The van der Waals surface area contributed by atoms with Gasteiger partial charge in [0.05, 0.1) is 5.88 Å². The molecule has 2 rings (SSSR count). The molecule has 1 aromatic rings. The second kappa shape index (κ2) is 6.42. The lowest BCUT2D eigenvalue weighted by molar-refractivity contribution is -0.112. The smallest absolute Gasteiger partial charge is 0.170 e. The Morgan fingerprint density at radius 1 is 1.37 bits per heavy atom. The van der Waals surface area contributed by atoms with E-state index in [2.05, 4.69) is 24.5 Å². The van der Waals surface area contributed by atoms with Crippen LogP contribution in [-0.4, -0.2) is 16.2 Å². The molecule has 0 spiro atoms. The molecule has 0 aromatic carbocycles. The summed E-state index contributed by atoms with van der Waals surface area (Å²) in [6.45, 7) is 4.30. The van der Waals surface area contributed by atoms with Crippen molar-refractivity contribution in [2.24, 2.45) is 0 Å². The maximum atomic E-state index is 11.3. The molecule has 1 saturated carbocycles. The first-order valence-corrected chi connectivity index (χ1v) is 7.62. The van der Waals surface area contributed by atoms with E-state index in [1.165, 1.54) is 43.5 Å². The predicted octanol–water partition coefficient (Wildman–Crippen LogP) is 4.43. The molecule has 1 heterocycles. The molecule has 2 nitrogen and oxygen atoms in total. The van der Waals surface area contributed by atoms with E-state index >= 15 is 0 Å². The summed E-state index contributed by atoms with van der Waals surface area (Å²) in [6, 6.07) is 2.81. The number of hydrogen-bond acceptors (Lipinski definition) is 1.